The first-order chi connectivity index (χ1) is 13.7. The zero-order chi connectivity index (χ0) is 19.3. The molecule has 1 N–H and O–H groups in total. The number of hydrogen-bond donors (Lipinski definition) is 1. The first-order valence-corrected chi connectivity index (χ1v) is 9.72. The molecule has 2 aromatic rings. The average molecular weight is 380 g/mol. The van der Waals surface area contributed by atoms with Gasteiger partial charge in [-0.25, -0.2) is 0 Å². The van der Waals surface area contributed by atoms with Gasteiger partial charge in [-0.05, 0) is 49.2 Å². The number of hydrogen-bond acceptors (Lipinski definition) is 4. The minimum absolute atomic E-state index is 0.0333. The van der Waals surface area contributed by atoms with E-state index in [2.05, 4.69) is 5.32 Å². The molecule has 28 heavy (non-hydrogen) atoms. The van der Waals surface area contributed by atoms with Crippen molar-refractivity contribution in [2.75, 3.05) is 24.6 Å². The molecule has 4 rings (SSSR count). The van der Waals surface area contributed by atoms with Crippen molar-refractivity contribution >= 4 is 17.5 Å². The van der Waals surface area contributed by atoms with E-state index >= 15 is 0 Å². The Morgan fingerprint density at radius 3 is 2.57 bits per heavy atom. The fraction of sp³-hybridized carbons (Fsp3) is 0.364. The third-order valence-electron chi connectivity index (χ3n) is 5.15. The highest BCUT2D eigenvalue weighted by molar-refractivity contribution is 6.00. The lowest BCUT2D eigenvalue weighted by Gasteiger charge is -2.18. The summed E-state index contributed by atoms with van der Waals surface area (Å²) >= 11 is 0. The van der Waals surface area contributed by atoms with Gasteiger partial charge in [0.15, 0.2) is 0 Å². The van der Waals surface area contributed by atoms with Crippen molar-refractivity contribution < 1.29 is 19.1 Å². The van der Waals surface area contributed by atoms with E-state index in [1.165, 1.54) is 0 Å². The molecule has 2 unspecified atom stereocenters. The van der Waals surface area contributed by atoms with Crippen molar-refractivity contribution in [1.82, 2.24) is 5.32 Å². The molecule has 0 saturated carbocycles. The summed E-state index contributed by atoms with van der Waals surface area (Å²) in [5, 5.41) is 2.93. The van der Waals surface area contributed by atoms with Crippen LogP contribution in [0, 0.1) is 5.92 Å². The molecular weight excluding hydrogens is 356 g/mol. The predicted octanol–water partition coefficient (Wildman–Crippen LogP) is 3.13. The van der Waals surface area contributed by atoms with Crippen LogP contribution in [0.25, 0.3) is 0 Å². The van der Waals surface area contributed by atoms with Crippen molar-refractivity contribution in [1.29, 1.82) is 0 Å². The summed E-state index contributed by atoms with van der Waals surface area (Å²) in [5.74, 6) is 1.03. The molecule has 2 aliphatic rings. The lowest BCUT2D eigenvalue weighted by atomic mass is 10.1. The number of benzene rings is 2. The van der Waals surface area contributed by atoms with E-state index in [4.69, 9.17) is 9.47 Å². The molecule has 6 nitrogen and oxygen atoms in total. The van der Waals surface area contributed by atoms with E-state index < -0.39 is 0 Å². The minimum atomic E-state index is -0.325. The lowest BCUT2D eigenvalue weighted by molar-refractivity contribution is -0.126. The van der Waals surface area contributed by atoms with E-state index in [9.17, 15) is 9.59 Å². The van der Waals surface area contributed by atoms with Crippen LogP contribution in [-0.4, -0.2) is 37.6 Å². The number of amides is 2. The topological polar surface area (TPSA) is 67.9 Å². The van der Waals surface area contributed by atoms with Crippen molar-refractivity contribution in [3.63, 3.8) is 0 Å². The number of para-hydroxylation sites is 1. The standard InChI is InChI=1S/C22H24N2O4/c25-21-13-16(22(26)23-14-20-7-4-12-27-20)15-24(21)17-8-10-19(11-9-17)28-18-5-2-1-3-6-18/h1-3,5-6,8-11,16,20H,4,7,12-15H2,(H,23,26). The molecule has 2 heterocycles. The molecule has 2 aromatic carbocycles. The highest BCUT2D eigenvalue weighted by Crippen LogP contribution is 2.28. The Labute approximate surface area is 164 Å². The molecule has 146 valence electrons. The maximum atomic E-state index is 12.4. The highest BCUT2D eigenvalue weighted by Gasteiger charge is 2.35. The molecule has 0 radical (unpaired) electrons. The second kappa shape index (κ2) is 8.44. The lowest BCUT2D eigenvalue weighted by Crippen LogP contribution is -2.37. The number of carbonyl (C=O) groups is 2. The second-order valence-corrected chi connectivity index (χ2v) is 7.19. The molecule has 2 saturated heterocycles. The Morgan fingerprint density at radius 1 is 1.11 bits per heavy atom. The van der Waals surface area contributed by atoms with Gasteiger partial charge in [0.25, 0.3) is 0 Å². The summed E-state index contributed by atoms with van der Waals surface area (Å²) in [6, 6.07) is 16.9. The van der Waals surface area contributed by atoms with Crippen molar-refractivity contribution in [2.45, 2.75) is 25.4 Å². The number of rotatable bonds is 6. The molecule has 2 fully saturated rings. The predicted molar refractivity (Wildman–Crippen MR) is 105 cm³/mol. The van der Waals surface area contributed by atoms with E-state index in [0.717, 1.165) is 30.9 Å². The maximum absolute atomic E-state index is 12.4. The van der Waals surface area contributed by atoms with Crippen molar-refractivity contribution in [3.05, 3.63) is 54.6 Å². The second-order valence-electron chi connectivity index (χ2n) is 7.19. The molecule has 0 aliphatic carbocycles. The van der Waals surface area contributed by atoms with Crippen molar-refractivity contribution in [3.8, 4) is 11.5 Å². The van der Waals surface area contributed by atoms with Crippen LogP contribution < -0.4 is 15.0 Å². The van der Waals surface area contributed by atoms with Gasteiger partial charge in [0.1, 0.15) is 11.5 Å². The van der Waals surface area contributed by atoms with Gasteiger partial charge in [0.05, 0.1) is 12.0 Å². The molecule has 2 amide bonds. The van der Waals surface area contributed by atoms with Crippen LogP contribution in [0.15, 0.2) is 54.6 Å². The molecular formula is C22H24N2O4. The van der Waals surface area contributed by atoms with Crippen LogP contribution in [-0.2, 0) is 14.3 Å². The Kier molecular flexibility index (Phi) is 5.58. The Bertz CT molecular complexity index is 816. The third kappa shape index (κ3) is 4.34. The summed E-state index contributed by atoms with van der Waals surface area (Å²) in [5.41, 5.74) is 0.778. The summed E-state index contributed by atoms with van der Waals surface area (Å²) in [7, 11) is 0. The molecule has 2 aliphatic heterocycles. The summed E-state index contributed by atoms with van der Waals surface area (Å²) < 4.78 is 11.3. The summed E-state index contributed by atoms with van der Waals surface area (Å²) in [6.07, 6.45) is 2.36. The first-order valence-electron chi connectivity index (χ1n) is 9.72. The Balaban J connectivity index is 1.33. The van der Waals surface area contributed by atoms with Crippen LogP contribution in [0.4, 0.5) is 5.69 Å². The van der Waals surface area contributed by atoms with Crippen LogP contribution in [0.2, 0.25) is 0 Å². The number of anilines is 1. The number of carbonyl (C=O) groups excluding carboxylic acids is 2. The van der Waals surface area contributed by atoms with Crippen molar-refractivity contribution in [2.24, 2.45) is 5.92 Å². The molecule has 6 heteroatoms. The van der Waals surface area contributed by atoms with Crippen LogP contribution in [0.3, 0.4) is 0 Å². The summed E-state index contributed by atoms with van der Waals surface area (Å²) in [6.45, 7) is 1.68. The van der Waals surface area contributed by atoms with Gasteiger partial charge < -0.3 is 19.7 Å². The summed E-state index contributed by atoms with van der Waals surface area (Å²) in [4.78, 5) is 26.5. The molecule has 0 aromatic heterocycles. The normalized spacial score (nSPS) is 21.7. The van der Waals surface area contributed by atoms with Gasteiger partial charge in [0.2, 0.25) is 11.8 Å². The number of ether oxygens (including phenoxy) is 2. The van der Waals surface area contributed by atoms with Gasteiger partial charge in [0, 0.05) is 31.8 Å². The highest BCUT2D eigenvalue weighted by atomic mass is 16.5. The van der Waals surface area contributed by atoms with Gasteiger partial charge in [-0.15, -0.1) is 0 Å². The SMILES string of the molecule is O=C(NCC1CCCO1)C1CC(=O)N(c2ccc(Oc3ccccc3)cc2)C1. The Morgan fingerprint density at radius 2 is 1.86 bits per heavy atom. The van der Waals surface area contributed by atoms with Crippen LogP contribution >= 0.6 is 0 Å². The van der Waals surface area contributed by atoms with Gasteiger partial charge in [-0.3, -0.25) is 9.59 Å². The number of nitrogens with zero attached hydrogens (tertiary/aromatic N) is 1. The molecule has 0 bridgehead atoms. The smallest absolute Gasteiger partial charge is 0.227 e. The molecule has 0 spiro atoms. The quantitative estimate of drug-likeness (QED) is 0.836. The zero-order valence-electron chi connectivity index (χ0n) is 15.7. The van der Waals surface area contributed by atoms with E-state index in [1.54, 1.807) is 4.90 Å². The zero-order valence-corrected chi connectivity index (χ0v) is 15.7. The Hall–Kier alpha value is -2.86. The van der Waals surface area contributed by atoms with Gasteiger partial charge in [-0.2, -0.15) is 0 Å². The van der Waals surface area contributed by atoms with Gasteiger partial charge >= 0.3 is 0 Å². The minimum Gasteiger partial charge on any atom is -0.457 e. The van der Waals surface area contributed by atoms with Crippen LogP contribution in [0.5, 0.6) is 11.5 Å². The average Bonchev–Trinajstić information content (AvgIpc) is 3.37. The fourth-order valence-corrected chi connectivity index (χ4v) is 3.62. The van der Waals surface area contributed by atoms with E-state index in [0.29, 0.717) is 18.8 Å². The first kappa shape index (κ1) is 18.5. The fourth-order valence-electron chi connectivity index (χ4n) is 3.62. The molecule has 2 atom stereocenters. The largest absolute Gasteiger partial charge is 0.457 e. The monoisotopic (exact) mass is 380 g/mol. The van der Waals surface area contributed by atoms with E-state index in [1.807, 2.05) is 54.6 Å². The maximum Gasteiger partial charge on any atom is 0.227 e. The van der Waals surface area contributed by atoms with E-state index in [-0.39, 0.29) is 30.3 Å². The number of nitrogens with one attached hydrogen (secondary N) is 1. The van der Waals surface area contributed by atoms with Crippen LogP contribution in [0.1, 0.15) is 19.3 Å². The van der Waals surface area contributed by atoms with Gasteiger partial charge in [-0.1, -0.05) is 18.2 Å². The third-order valence-corrected chi connectivity index (χ3v) is 5.15.